The maximum Gasteiger partial charge on any atom is 0.131 e. The second-order valence-electron chi connectivity index (χ2n) is 5.72. The van der Waals surface area contributed by atoms with Gasteiger partial charge in [-0.1, -0.05) is 26.0 Å². The van der Waals surface area contributed by atoms with Crippen LogP contribution in [-0.4, -0.2) is 17.6 Å². The number of pyridine rings is 1. The molecule has 100 valence electrons. The molecule has 0 unspecified atom stereocenters. The van der Waals surface area contributed by atoms with E-state index in [0.29, 0.717) is 17.8 Å². The first kappa shape index (κ1) is 12.3. The third kappa shape index (κ3) is 2.03. The Morgan fingerprint density at radius 2 is 2.11 bits per heavy atom. The summed E-state index contributed by atoms with van der Waals surface area (Å²) in [5.74, 6) is 1.30. The molecule has 0 radical (unpaired) electrons. The maximum atomic E-state index is 5.99. The number of aromatic nitrogens is 1. The van der Waals surface area contributed by atoms with Crippen LogP contribution < -0.4 is 10.6 Å². The lowest BCUT2D eigenvalue weighted by molar-refractivity contribution is 0.492. The summed E-state index contributed by atoms with van der Waals surface area (Å²) in [5, 5.41) is 2.29. The summed E-state index contributed by atoms with van der Waals surface area (Å²) in [4.78, 5) is 6.74. The normalized spacial score (nSPS) is 19.5. The van der Waals surface area contributed by atoms with Crippen LogP contribution in [0, 0.1) is 5.92 Å². The second-order valence-corrected chi connectivity index (χ2v) is 5.72. The van der Waals surface area contributed by atoms with Crippen molar-refractivity contribution in [1.29, 1.82) is 0 Å². The number of nitrogens with zero attached hydrogens (tertiary/aromatic N) is 2. The molecule has 3 heteroatoms. The van der Waals surface area contributed by atoms with Gasteiger partial charge < -0.3 is 10.6 Å². The van der Waals surface area contributed by atoms with Crippen molar-refractivity contribution in [2.24, 2.45) is 5.92 Å². The van der Waals surface area contributed by atoms with E-state index in [9.17, 15) is 0 Å². The predicted molar refractivity (Wildman–Crippen MR) is 81.4 cm³/mol. The molecule has 2 heterocycles. The Morgan fingerprint density at radius 1 is 1.26 bits per heavy atom. The van der Waals surface area contributed by atoms with Gasteiger partial charge in [-0.15, -0.1) is 0 Å². The van der Waals surface area contributed by atoms with Gasteiger partial charge in [-0.25, -0.2) is 4.98 Å². The van der Waals surface area contributed by atoms with Crippen molar-refractivity contribution < 1.29 is 0 Å². The van der Waals surface area contributed by atoms with E-state index in [4.69, 9.17) is 5.73 Å². The van der Waals surface area contributed by atoms with Gasteiger partial charge in [-0.2, -0.15) is 0 Å². The number of hydrogen-bond acceptors (Lipinski definition) is 3. The molecule has 1 aliphatic rings. The van der Waals surface area contributed by atoms with E-state index in [1.165, 1.54) is 23.9 Å². The maximum absolute atomic E-state index is 5.99. The highest BCUT2D eigenvalue weighted by Crippen LogP contribution is 2.35. The Morgan fingerprint density at radius 3 is 2.89 bits per heavy atom. The highest BCUT2D eigenvalue weighted by Gasteiger charge is 2.28. The fourth-order valence-corrected chi connectivity index (χ4v) is 3.25. The molecule has 1 atom stereocenters. The smallest absolute Gasteiger partial charge is 0.131 e. The summed E-state index contributed by atoms with van der Waals surface area (Å²) in [6, 6.07) is 9.08. The number of rotatable bonds is 2. The molecule has 1 aliphatic heterocycles. The molecular weight excluding hydrogens is 234 g/mol. The van der Waals surface area contributed by atoms with Crippen LogP contribution in [0.15, 0.2) is 30.5 Å². The van der Waals surface area contributed by atoms with Crippen LogP contribution in [-0.2, 0) is 0 Å². The van der Waals surface area contributed by atoms with Crippen LogP contribution in [0.25, 0.3) is 10.8 Å². The van der Waals surface area contributed by atoms with E-state index in [2.05, 4.69) is 48.0 Å². The van der Waals surface area contributed by atoms with Crippen LogP contribution in [0.2, 0.25) is 0 Å². The molecule has 19 heavy (non-hydrogen) atoms. The first-order valence-electron chi connectivity index (χ1n) is 7.08. The molecule has 0 amide bonds. The van der Waals surface area contributed by atoms with Crippen molar-refractivity contribution >= 4 is 22.3 Å². The van der Waals surface area contributed by atoms with Crippen molar-refractivity contribution in [2.45, 2.75) is 32.7 Å². The van der Waals surface area contributed by atoms with Crippen LogP contribution in [0.5, 0.6) is 0 Å². The average Bonchev–Trinajstić information content (AvgIpc) is 2.88. The van der Waals surface area contributed by atoms with Gasteiger partial charge >= 0.3 is 0 Å². The lowest BCUT2D eigenvalue weighted by Gasteiger charge is -2.30. The third-order valence-corrected chi connectivity index (χ3v) is 4.19. The minimum Gasteiger partial charge on any atom is -0.383 e. The number of nitrogen functional groups attached to an aromatic ring is 1. The fraction of sp³-hybridized carbons (Fsp3) is 0.438. The quantitative estimate of drug-likeness (QED) is 0.893. The fourth-order valence-electron chi connectivity index (χ4n) is 3.25. The minimum absolute atomic E-state index is 0.625. The van der Waals surface area contributed by atoms with Crippen molar-refractivity contribution in [3.8, 4) is 0 Å². The standard InChI is InChI=1S/C16H21N3/c1-11(2)14-7-4-10-19(14)15-6-3-5-13-12(15)8-9-18-16(13)17/h3,5-6,8-9,11,14H,4,7,10H2,1-2H3,(H2,17,18)/t14-/m0/s1. The van der Waals surface area contributed by atoms with Gasteiger partial charge in [0.2, 0.25) is 0 Å². The van der Waals surface area contributed by atoms with Gasteiger partial charge in [0.25, 0.3) is 0 Å². The Balaban J connectivity index is 2.12. The number of nitrogens with two attached hydrogens (primary N) is 1. The number of hydrogen-bond donors (Lipinski definition) is 1. The topological polar surface area (TPSA) is 42.1 Å². The molecule has 1 aromatic heterocycles. The monoisotopic (exact) mass is 255 g/mol. The zero-order valence-corrected chi connectivity index (χ0v) is 11.6. The Bertz CT molecular complexity index is 592. The van der Waals surface area contributed by atoms with Crippen molar-refractivity contribution in [1.82, 2.24) is 4.98 Å². The lowest BCUT2D eigenvalue weighted by Crippen LogP contribution is -2.33. The molecule has 0 spiro atoms. The SMILES string of the molecule is CC(C)[C@@H]1CCCN1c1cccc2c(N)nccc12. The Labute approximate surface area is 114 Å². The molecule has 1 fully saturated rings. The molecule has 1 saturated heterocycles. The zero-order valence-electron chi connectivity index (χ0n) is 11.6. The van der Waals surface area contributed by atoms with Gasteiger partial charge in [0.05, 0.1) is 0 Å². The molecular formula is C16H21N3. The van der Waals surface area contributed by atoms with Crippen LogP contribution in [0.3, 0.4) is 0 Å². The van der Waals surface area contributed by atoms with Crippen LogP contribution in [0.4, 0.5) is 11.5 Å². The summed E-state index contributed by atoms with van der Waals surface area (Å²) in [7, 11) is 0. The van der Waals surface area contributed by atoms with Gasteiger partial charge in [-0.05, 0) is 30.9 Å². The van der Waals surface area contributed by atoms with Gasteiger partial charge in [0, 0.05) is 35.2 Å². The largest absolute Gasteiger partial charge is 0.383 e. The van der Waals surface area contributed by atoms with Crippen molar-refractivity contribution in [2.75, 3.05) is 17.2 Å². The van der Waals surface area contributed by atoms with E-state index in [1.54, 1.807) is 0 Å². The van der Waals surface area contributed by atoms with E-state index in [-0.39, 0.29) is 0 Å². The molecule has 0 saturated carbocycles. The first-order valence-corrected chi connectivity index (χ1v) is 7.08. The number of fused-ring (bicyclic) bond motifs is 1. The molecule has 0 aliphatic carbocycles. The predicted octanol–water partition coefficient (Wildman–Crippen LogP) is 3.44. The number of benzene rings is 1. The van der Waals surface area contributed by atoms with Crippen LogP contribution in [0.1, 0.15) is 26.7 Å². The number of anilines is 2. The summed E-state index contributed by atoms with van der Waals surface area (Å²) in [6.45, 7) is 5.76. The lowest BCUT2D eigenvalue weighted by atomic mass is 10.0. The second kappa shape index (κ2) is 4.72. The van der Waals surface area contributed by atoms with Gasteiger partial charge in [-0.3, -0.25) is 0 Å². The molecule has 0 bridgehead atoms. The molecule has 2 aromatic rings. The summed E-state index contributed by atoms with van der Waals surface area (Å²) < 4.78 is 0. The van der Waals surface area contributed by atoms with E-state index >= 15 is 0 Å². The highest BCUT2D eigenvalue weighted by atomic mass is 15.2. The molecule has 3 rings (SSSR count). The molecule has 1 aromatic carbocycles. The van der Waals surface area contributed by atoms with Crippen molar-refractivity contribution in [3.63, 3.8) is 0 Å². The van der Waals surface area contributed by atoms with E-state index in [0.717, 1.165) is 11.9 Å². The zero-order chi connectivity index (χ0) is 13.4. The summed E-state index contributed by atoms with van der Waals surface area (Å²) >= 11 is 0. The van der Waals surface area contributed by atoms with Gasteiger partial charge in [0.15, 0.2) is 0 Å². The summed E-state index contributed by atoms with van der Waals surface area (Å²) in [5.41, 5.74) is 7.30. The average molecular weight is 255 g/mol. The van der Waals surface area contributed by atoms with Crippen LogP contribution >= 0.6 is 0 Å². The Kier molecular flexibility index (Phi) is 3.05. The van der Waals surface area contributed by atoms with E-state index < -0.39 is 0 Å². The first-order chi connectivity index (χ1) is 9.18. The van der Waals surface area contributed by atoms with Gasteiger partial charge in [0.1, 0.15) is 5.82 Å². The third-order valence-electron chi connectivity index (χ3n) is 4.19. The van der Waals surface area contributed by atoms with Crippen molar-refractivity contribution in [3.05, 3.63) is 30.5 Å². The minimum atomic E-state index is 0.625. The van der Waals surface area contributed by atoms with E-state index in [1.807, 2.05) is 6.20 Å². The highest BCUT2D eigenvalue weighted by molar-refractivity contribution is 5.99. The summed E-state index contributed by atoms with van der Waals surface area (Å²) in [6.07, 6.45) is 4.37. The molecule has 3 nitrogen and oxygen atoms in total. The Hall–Kier alpha value is -1.77. The molecule has 2 N–H and O–H groups in total.